The number of benzene rings is 1. The number of carboxylic acid groups (broad SMARTS) is 1. The third-order valence-corrected chi connectivity index (χ3v) is 10.3. The number of hydrogen-bond donors (Lipinski definition) is 6. The van der Waals surface area contributed by atoms with Crippen molar-refractivity contribution in [2.75, 3.05) is 36.8 Å². The number of aromatic hydroxyl groups is 1. The highest BCUT2D eigenvalue weighted by molar-refractivity contribution is 8.00. The van der Waals surface area contributed by atoms with Gasteiger partial charge in [-0.15, -0.1) is 16.9 Å². The summed E-state index contributed by atoms with van der Waals surface area (Å²) < 4.78 is 1.29. The first-order valence-corrected chi connectivity index (χ1v) is 16.9. The summed E-state index contributed by atoms with van der Waals surface area (Å²) in [6, 6.07) is 2.83. The van der Waals surface area contributed by atoms with Crippen molar-refractivity contribution in [3.63, 3.8) is 0 Å². The minimum atomic E-state index is -1.43. The maximum absolute atomic E-state index is 13.8. The molecule has 3 aliphatic rings. The number of amides is 3. The Bertz CT molecular complexity index is 2200. The van der Waals surface area contributed by atoms with Gasteiger partial charge in [-0.1, -0.05) is 24.4 Å². The Labute approximate surface area is 296 Å². The van der Waals surface area contributed by atoms with E-state index in [-0.39, 0.29) is 55.6 Å². The molecule has 1 aromatic carbocycles. The number of phenolic OH excluding ortho intramolecular Hbond substituents is 1. The van der Waals surface area contributed by atoms with E-state index in [4.69, 9.17) is 12.2 Å². The number of tetrazole rings is 1. The SMILES string of the molecule is Cn1nnnc1C(=S)C1=C(C(=O)O)N2C(=O)C(NC(=O)C(NC(=O)c3c[nH]c4nc(N5CCNCC5)ncc4c3=O)c3ccc(O)cc3)[C@@H]2SC1. The molecule has 0 spiro atoms. The molecular weight excluding hydrogens is 705 g/mol. The van der Waals surface area contributed by atoms with Crippen LogP contribution in [0, 0.1) is 0 Å². The number of thioether (sulfide) groups is 1. The third kappa shape index (κ3) is 6.14. The average Bonchev–Trinajstić information content (AvgIpc) is 3.57. The second kappa shape index (κ2) is 13.5. The minimum absolute atomic E-state index is 0.0662. The molecule has 0 saturated carbocycles. The summed E-state index contributed by atoms with van der Waals surface area (Å²) in [7, 11) is 1.54. The molecule has 4 aromatic rings. The molecular formula is C30H28N12O7S2. The van der Waals surface area contributed by atoms with E-state index in [0.717, 1.165) is 18.0 Å². The number of piperazine rings is 1. The fourth-order valence-electron chi connectivity index (χ4n) is 5.95. The Morgan fingerprint density at radius 1 is 1.14 bits per heavy atom. The summed E-state index contributed by atoms with van der Waals surface area (Å²) in [5.41, 5.74) is -0.682. The molecule has 3 aliphatic heterocycles. The maximum atomic E-state index is 13.8. The predicted octanol–water partition coefficient (Wildman–Crippen LogP) is -1.42. The van der Waals surface area contributed by atoms with Crippen LogP contribution in [-0.2, 0) is 21.4 Å². The van der Waals surface area contributed by atoms with E-state index in [1.165, 1.54) is 53.1 Å². The van der Waals surface area contributed by atoms with Gasteiger partial charge >= 0.3 is 5.97 Å². The number of carboxylic acids is 1. The first-order valence-electron chi connectivity index (χ1n) is 15.5. The number of aliphatic carboxylic acids is 1. The van der Waals surface area contributed by atoms with Crippen LogP contribution in [-0.4, -0.2) is 122 Å². The maximum Gasteiger partial charge on any atom is 0.353 e. The number of hydrogen-bond acceptors (Lipinski definition) is 15. The summed E-state index contributed by atoms with van der Waals surface area (Å²) in [5.74, 6) is -3.26. The van der Waals surface area contributed by atoms with E-state index < -0.39 is 46.6 Å². The van der Waals surface area contributed by atoms with Gasteiger partial charge in [0.2, 0.25) is 17.3 Å². The Balaban J connectivity index is 1.12. The number of anilines is 1. The van der Waals surface area contributed by atoms with Crippen molar-refractivity contribution >= 4 is 69.5 Å². The number of H-pyrrole nitrogens is 1. The second-order valence-electron chi connectivity index (χ2n) is 11.7. The van der Waals surface area contributed by atoms with Gasteiger partial charge in [-0.3, -0.25) is 24.1 Å². The van der Waals surface area contributed by atoms with Gasteiger partial charge in [-0.05, 0) is 28.1 Å². The molecule has 0 radical (unpaired) electrons. The molecule has 6 N–H and O–H groups in total. The van der Waals surface area contributed by atoms with Crippen molar-refractivity contribution in [1.82, 2.24) is 56.0 Å². The minimum Gasteiger partial charge on any atom is -0.508 e. The molecule has 0 aliphatic carbocycles. The molecule has 7 rings (SSSR count). The van der Waals surface area contributed by atoms with Crippen molar-refractivity contribution < 1.29 is 29.4 Å². The van der Waals surface area contributed by atoms with E-state index in [2.05, 4.69) is 46.4 Å². The van der Waals surface area contributed by atoms with E-state index in [9.17, 15) is 34.2 Å². The van der Waals surface area contributed by atoms with Crippen LogP contribution in [0.15, 0.2) is 52.7 Å². The van der Waals surface area contributed by atoms with Crippen molar-refractivity contribution in [2.45, 2.75) is 17.5 Å². The Kier molecular flexibility index (Phi) is 8.91. The van der Waals surface area contributed by atoms with Crippen molar-refractivity contribution in [3.05, 3.63) is 75.1 Å². The van der Waals surface area contributed by atoms with E-state index in [1.807, 2.05) is 4.90 Å². The predicted molar refractivity (Wildman–Crippen MR) is 184 cm³/mol. The topological polar surface area (TPSA) is 254 Å². The number of pyridine rings is 1. The number of aryl methyl sites for hydroxylation is 1. The zero-order chi connectivity index (χ0) is 36.0. The monoisotopic (exact) mass is 732 g/mol. The number of rotatable bonds is 9. The second-order valence-corrected chi connectivity index (χ2v) is 13.2. The highest BCUT2D eigenvalue weighted by atomic mass is 32.2. The van der Waals surface area contributed by atoms with Crippen molar-refractivity contribution in [2.24, 2.45) is 7.05 Å². The summed E-state index contributed by atoms with van der Waals surface area (Å²) in [5, 5.41) is 38.8. The zero-order valence-electron chi connectivity index (χ0n) is 26.6. The number of aromatic amines is 1. The molecule has 3 atom stereocenters. The fraction of sp³-hybridized carbons (Fsp3) is 0.300. The van der Waals surface area contributed by atoms with E-state index >= 15 is 0 Å². The summed E-state index contributed by atoms with van der Waals surface area (Å²) >= 11 is 6.66. The highest BCUT2D eigenvalue weighted by Crippen LogP contribution is 2.41. The molecule has 51 heavy (non-hydrogen) atoms. The Morgan fingerprint density at radius 2 is 1.88 bits per heavy atom. The van der Waals surface area contributed by atoms with Gasteiger partial charge in [-0.2, -0.15) is 4.98 Å². The average molecular weight is 733 g/mol. The lowest BCUT2D eigenvalue weighted by molar-refractivity contribution is -0.150. The summed E-state index contributed by atoms with van der Waals surface area (Å²) in [6.07, 6.45) is 2.54. The highest BCUT2D eigenvalue weighted by Gasteiger charge is 2.55. The Morgan fingerprint density at radius 3 is 2.57 bits per heavy atom. The first-order chi connectivity index (χ1) is 24.5. The number of phenols is 1. The summed E-state index contributed by atoms with van der Waals surface area (Å²) in [6.45, 7) is 2.90. The normalized spacial score (nSPS) is 19.3. The van der Waals surface area contributed by atoms with Crippen LogP contribution in [0.2, 0.25) is 0 Å². The fourth-order valence-corrected chi connectivity index (χ4v) is 7.73. The lowest BCUT2D eigenvalue weighted by Crippen LogP contribution is -2.71. The van der Waals surface area contributed by atoms with Gasteiger partial charge in [0.05, 0.1) is 10.3 Å². The molecule has 262 valence electrons. The number of aromatic nitrogens is 7. The van der Waals surface area contributed by atoms with E-state index in [1.54, 1.807) is 7.05 Å². The van der Waals surface area contributed by atoms with Crippen LogP contribution in [0.3, 0.4) is 0 Å². The first kappa shape index (κ1) is 33.7. The molecule has 3 aromatic heterocycles. The molecule has 2 fully saturated rings. The van der Waals surface area contributed by atoms with Crippen LogP contribution >= 0.6 is 24.0 Å². The van der Waals surface area contributed by atoms with Gasteiger partial charge in [-0.25, -0.2) is 14.5 Å². The zero-order valence-corrected chi connectivity index (χ0v) is 28.2. The van der Waals surface area contributed by atoms with Crippen LogP contribution in [0.1, 0.15) is 27.8 Å². The molecule has 0 bridgehead atoms. The number of nitrogens with one attached hydrogen (secondary N) is 4. The van der Waals surface area contributed by atoms with Gasteiger partial charge in [0.25, 0.3) is 11.8 Å². The smallest absolute Gasteiger partial charge is 0.353 e. The van der Waals surface area contributed by atoms with Crippen LogP contribution < -0.4 is 26.3 Å². The molecule has 21 heteroatoms. The number of fused-ring (bicyclic) bond motifs is 2. The molecule has 19 nitrogen and oxygen atoms in total. The molecule has 2 unspecified atom stereocenters. The number of carbonyl (C=O) groups is 4. The van der Waals surface area contributed by atoms with Crippen molar-refractivity contribution in [1.29, 1.82) is 0 Å². The standard InChI is InChI=1S/C30H28N12O7S2/c1-40-24(37-38-39-40)22(50)17-12-51-28-19(27(47)42(28)20(17)29(48)49)35-26(46)18(13-2-4-14(43)5-3-13)34-25(45)16-11-32-23-15(21(16)44)10-33-30(36-23)41-8-6-31-7-9-41/h2-5,10-11,18-19,28,31,43H,6-9,12H2,1H3,(H,34,45)(H,35,46)(H,48,49)(H,32,33,36,44)/t18?,19?,28-/m0/s1. The van der Waals surface area contributed by atoms with Crippen LogP contribution in [0.5, 0.6) is 5.75 Å². The van der Waals surface area contributed by atoms with Crippen LogP contribution in [0.25, 0.3) is 11.0 Å². The Hall–Kier alpha value is -5.80. The largest absolute Gasteiger partial charge is 0.508 e. The molecule has 2 saturated heterocycles. The van der Waals surface area contributed by atoms with E-state index in [0.29, 0.717) is 19.0 Å². The number of thiocarbonyl (C=S) groups is 1. The number of β-lactam (4-membered cyclic amide) rings is 1. The summed E-state index contributed by atoms with van der Waals surface area (Å²) in [4.78, 5) is 81.4. The van der Waals surface area contributed by atoms with Crippen molar-refractivity contribution in [3.8, 4) is 5.75 Å². The molecule has 3 amide bonds. The van der Waals surface area contributed by atoms with Gasteiger partial charge in [0.15, 0.2) is 5.82 Å². The quantitative estimate of drug-likeness (QED) is 0.0656. The van der Waals surface area contributed by atoms with Crippen LogP contribution in [0.4, 0.5) is 5.95 Å². The lowest BCUT2D eigenvalue weighted by Gasteiger charge is -2.49. The number of carbonyl (C=O) groups excluding carboxylic acids is 3. The van der Waals surface area contributed by atoms with Gasteiger partial charge < -0.3 is 36.0 Å². The molecule has 6 heterocycles. The third-order valence-electron chi connectivity index (χ3n) is 8.59. The van der Waals surface area contributed by atoms with Gasteiger partial charge in [0, 0.05) is 56.9 Å². The van der Waals surface area contributed by atoms with Gasteiger partial charge in [0.1, 0.15) is 40.1 Å². The lowest BCUT2D eigenvalue weighted by atomic mass is 9.99. The number of nitrogens with zero attached hydrogens (tertiary/aromatic N) is 8.